The molecule has 0 atom stereocenters. The lowest BCUT2D eigenvalue weighted by Crippen LogP contribution is -2.26. The van der Waals surface area contributed by atoms with E-state index in [0.29, 0.717) is 12.8 Å². The van der Waals surface area contributed by atoms with Crippen LogP contribution in [0.4, 0.5) is 0 Å². The third kappa shape index (κ3) is 4.21. The Hall–Kier alpha value is -1.06. The lowest BCUT2D eigenvalue weighted by atomic mass is 9.68. The summed E-state index contributed by atoms with van der Waals surface area (Å²) in [7, 11) is 0. The van der Waals surface area contributed by atoms with Crippen LogP contribution < -0.4 is 0 Å². The third-order valence-corrected chi connectivity index (χ3v) is 3.65. The summed E-state index contributed by atoms with van der Waals surface area (Å²) in [6, 6.07) is 0. The highest BCUT2D eigenvalue weighted by Crippen LogP contribution is 2.43. The Labute approximate surface area is 95.7 Å². The van der Waals surface area contributed by atoms with Gasteiger partial charge in [-0.2, -0.15) is 0 Å². The van der Waals surface area contributed by atoms with E-state index in [-0.39, 0.29) is 18.3 Å². The summed E-state index contributed by atoms with van der Waals surface area (Å²) in [5, 5.41) is 17.4. The maximum Gasteiger partial charge on any atom is 0.303 e. The molecule has 4 nitrogen and oxygen atoms in total. The topological polar surface area (TPSA) is 74.6 Å². The molecule has 0 aromatic rings. The van der Waals surface area contributed by atoms with Gasteiger partial charge in [0.25, 0.3) is 0 Å². The number of carboxylic acid groups (broad SMARTS) is 2. The Morgan fingerprint density at radius 3 is 1.69 bits per heavy atom. The number of carbonyl (C=O) groups is 2. The van der Waals surface area contributed by atoms with Gasteiger partial charge >= 0.3 is 11.9 Å². The van der Waals surface area contributed by atoms with Crippen LogP contribution in [-0.4, -0.2) is 22.2 Å². The SMILES string of the molecule is O=C(O)CCC1(CCC(=O)O)CCCCC1. The Balaban J connectivity index is 2.52. The van der Waals surface area contributed by atoms with Gasteiger partial charge in [0.15, 0.2) is 0 Å². The first-order valence-corrected chi connectivity index (χ1v) is 5.98. The van der Waals surface area contributed by atoms with Crippen molar-refractivity contribution in [2.45, 2.75) is 57.8 Å². The summed E-state index contributed by atoms with van der Waals surface area (Å²) < 4.78 is 0. The van der Waals surface area contributed by atoms with Gasteiger partial charge in [0, 0.05) is 12.8 Å². The molecule has 16 heavy (non-hydrogen) atoms. The lowest BCUT2D eigenvalue weighted by Gasteiger charge is -2.37. The highest BCUT2D eigenvalue weighted by Gasteiger charge is 2.32. The molecular formula is C12H20O4. The summed E-state index contributed by atoms with van der Waals surface area (Å²) >= 11 is 0. The minimum atomic E-state index is -0.778. The zero-order chi connectivity index (χ0) is 12.0. The molecule has 1 fully saturated rings. The van der Waals surface area contributed by atoms with Crippen LogP contribution >= 0.6 is 0 Å². The Kier molecular flexibility index (Phi) is 4.77. The highest BCUT2D eigenvalue weighted by atomic mass is 16.4. The summed E-state index contributed by atoms with van der Waals surface area (Å²) in [6.07, 6.45) is 7.01. The van der Waals surface area contributed by atoms with Crippen LogP contribution in [0.3, 0.4) is 0 Å². The first-order valence-electron chi connectivity index (χ1n) is 5.98. The van der Waals surface area contributed by atoms with E-state index in [0.717, 1.165) is 25.7 Å². The van der Waals surface area contributed by atoms with E-state index < -0.39 is 11.9 Å². The van der Waals surface area contributed by atoms with Gasteiger partial charge in [0.2, 0.25) is 0 Å². The molecule has 0 radical (unpaired) electrons. The maximum absolute atomic E-state index is 10.6. The molecule has 4 heteroatoms. The molecule has 1 rings (SSSR count). The molecule has 0 spiro atoms. The lowest BCUT2D eigenvalue weighted by molar-refractivity contribution is -0.138. The van der Waals surface area contributed by atoms with E-state index in [1.54, 1.807) is 0 Å². The zero-order valence-electron chi connectivity index (χ0n) is 9.57. The normalized spacial score (nSPS) is 19.2. The summed E-state index contributed by atoms with van der Waals surface area (Å²) in [5.41, 5.74) is -0.0188. The zero-order valence-corrected chi connectivity index (χ0v) is 9.57. The first kappa shape index (κ1) is 13.0. The summed E-state index contributed by atoms with van der Waals surface area (Å²) in [5.74, 6) is -1.56. The average Bonchev–Trinajstić information content (AvgIpc) is 2.25. The van der Waals surface area contributed by atoms with Crippen LogP contribution in [-0.2, 0) is 9.59 Å². The number of rotatable bonds is 6. The third-order valence-electron chi connectivity index (χ3n) is 3.65. The van der Waals surface area contributed by atoms with Crippen molar-refractivity contribution in [1.82, 2.24) is 0 Å². The van der Waals surface area contributed by atoms with E-state index in [9.17, 15) is 9.59 Å². The largest absolute Gasteiger partial charge is 0.481 e. The molecule has 0 aliphatic heterocycles. The summed E-state index contributed by atoms with van der Waals surface area (Å²) in [6.45, 7) is 0. The molecular weight excluding hydrogens is 208 g/mol. The molecule has 2 N–H and O–H groups in total. The first-order chi connectivity index (χ1) is 7.54. The van der Waals surface area contributed by atoms with Gasteiger partial charge in [-0.15, -0.1) is 0 Å². The fraction of sp³-hybridized carbons (Fsp3) is 0.833. The second kappa shape index (κ2) is 5.87. The van der Waals surface area contributed by atoms with E-state index in [2.05, 4.69) is 0 Å². The Morgan fingerprint density at radius 1 is 0.875 bits per heavy atom. The molecule has 0 unspecified atom stereocenters. The van der Waals surface area contributed by atoms with Gasteiger partial charge < -0.3 is 10.2 Å². The predicted molar refractivity (Wildman–Crippen MR) is 59.3 cm³/mol. The fourth-order valence-electron chi connectivity index (χ4n) is 2.67. The van der Waals surface area contributed by atoms with E-state index in [1.807, 2.05) is 0 Å². The van der Waals surface area contributed by atoms with Gasteiger partial charge in [0.05, 0.1) is 0 Å². The molecule has 0 aromatic carbocycles. The second-order valence-electron chi connectivity index (χ2n) is 4.85. The minimum Gasteiger partial charge on any atom is -0.481 e. The van der Waals surface area contributed by atoms with Crippen LogP contribution in [0.1, 0.15) is 57.8 Å². The number of hydrogen-bond acceptors (Lipinski definition) is 2. The molecule has 1 saturated carbocycles. The van der Waals surface area contributed by atoms with Gasteiger partial charge in [-0.1, -0.05) is 19.3 Å². The average molecular weight is 228 g/mol. The van der Waals surface area contributed by atoms with Crippen LogP contribution in [0.15, 0.2) is 0 Å². The monoisotopic (exact) mass is 228 g/mol. The molecule has 0 heterocycles. The predicted octanol–water partition coefficient (Wildman–Crippen LogP) is 2.67. The number of carboxylic acids is 2. The van der Waals surface area contributed by atoms with E-state index in [4.69, 9.17) is 10.2 Å². The van der Waals surface area contributed by atoms with Crippen molar-refractivity contribution in [2.75, 3.05) is 0 Å². The molecule has 92 valence electrons. The molecule has 1 aliphatic rings. The van der Waals surface area contributed by atoms with Crippen molar-refractivity contribution in [3.63, 3.8) is 0 Å². The quantitative estimate of drug-likeness (QED) is 0.733. The van der Waals surface area contributed by atoms with Crippen LogP contribution in [0.25, 0.3) is 0 Å². The molecule has 0 saturated heterocycles. The number of aliphatic carboxylic acids is 2. The smallest absolute Gasteiger partial charge is 0.303 e. The standard InChI is InChI=1S/C12H20O4/c13-10(14)4-8-12(9-5-11(15)16)6-2-1-3-7-12/h1-9H2,(H,13,14)(H,15,16). The fourth-order valence-corrected chi connectivity index (χ4v) is 2.67. The molecule has 0 amide bonds. The van der Waals surface area contributed by atoms with Crippen molar-refractivity contribution >= 4 is 11.9 Å². The Morgan fingerprint density at radius 2 is 1.31 bits per heavy atom. The van der Waals surface area contributed by atoms with Crippen molar-refractivity contribution in [1.29, 1.82) is 0 Å². The molecule has 1 aliphatic carbocycles. The van der Waals surface area contributed by atoms with Gasteiger partial charge in [-0.05, 0) is 31.1 Å². The van der Waals surface area contributed by atoms with Crippen LogP contribution in [0, 0.1) is 5.41 Å². The second-order valence-corrected chi connectivity index (χ2v) is 4.85. The highest BCUT2D eigenvalue weighted by molar-refractivity contribution is 5.67. The van der Waals surface area contributed by atoms with E-state index in [1.165, 1.54) is 6.42 Å². The van der Waals surface area contributed by atoms with Crippen molar-refractivity contribution < 1.29 is 19.8 Å². The van der Waals surface area contributed by atoms with Crippen molar-refractivity contribution in [3.8, 4) is 0 Å². The van der Waals surface area contributed by atoms with Gasteiger partial charge in [-0.3, -0.25) is 9.59 Å². The van der Waals surface area contributed by atoms with Crippen molar-refractivity contribution in [2.24, 2.45) is 5.41 Å². The van der Waals surface area contributed by atoms with Gasteiger partial charge in [-0.25, -0.2) is 0 Å². The van der Waals surface area contributed by atoms with Crippen LogP contribution in [0.5, 0.6) is 0 Å². The van der Waals surface area contributed by atoms with E-state index >= 15 is 0 Å². The minimum absolute atomic E-state index is 0.0188. The molecule has 0 aromatic heterocycles. The summed E-state index contributed by atoms with van der Waals surface area (Å²) in [4.78, 5) is 21.2. The Bertz CT molecular complexity index is 234. The number of hydrogen-bond donors (Lipinski definition) is 2. The molecule has 0 bridgehead atoms. The maximum atomic E-state index is 10.6. The van der Waals surface area contributed by atoms with Crippen molar-refractivity contribution in [3.05, 3.63) is 0 Å². The van der Waals surface area contributed by atoms with Crippen LogP contribution in [0.2, 0.25) is 0 Å². The van der Waals surface area contributed by atoms with Gasteiger partial charge in [0.1, 0.15) is 0 Å².